The van der Waals surface area contributed by atoms with E-state index in [-0.39, 0.29) is 6.04 Å². The van der Waals surface area contributed by atoms with Crippen LogP contribution in [-0.4, -0.2) is 16.7 Å². The SMILES string of the molecule is COc1ccc(C(c2ccc(Cl)cc2)n2ccnc2)cc1. The van der Waals surface area contributed by atoms with Crippen LogP contribution in [0.1, 0.15) is 17.2 Å². The predicted molar refractivity (Wildman–Crippen MR) is 83.9 cm³/mol. The van der Waals surface area contributed by atoms with Crippen LogP contribution in [0.25, 0.3) is 0 Å². The van der Waals surface area contributed by atoms with Crippen LogP contribution in [0.5, 0.6) is 5.75 Å². The lowest BCUT2D eigenvalue weighted by Crippen LogP contribution is -2.10. The van der Waals surface area contributed by atoms with Crippen LogP contribution >= 0.6 is 11.6 Å². The Hall–Kier alpha value is -2.26. The second-order valence-electron chi connectivity index (χ2n) is 4.74. The average molecular weight is 299 g/mol. The lowest BCUT2D eigenvalue weighted by molar-refractivity contribution is 0.414. The molecule has 4 heteroatoms. The molecule has 1 heterocycles. The lowest BCUT2D eigenvalue weighted by atomic mass is 9.98. The maximum atomic E-state index is 5.99. The fourth-order valence-electron chi connectivity index (χ4n) is 2.39. The van der Waals surface area contributed by atoms with E-state index < -0.39 is 0 Å². The normalized spacial score (nSPS) is 12.1. The van der Waals surface area contributed by atoms with Gasteiger partial charge in [0, 0.05) is 17.4 Å². The van der Waals surface area contributed by atoms with Crippen molar-refractivity contribution in [1.29, 1.82) is 0 Å². The smallest absolute Gasteiger partial charge is 0.118 e. The van der Waals surface area contributed by atoms with E-state index in [1.165, 1.54) is 0 Å². The Bertz CT molecular complexity index is 691. The van der Waals surface area contributed by atoms with Crippen LogP contribution < -0.4 is 4.74 Å². The molecule has 1 aromatic heterocycles. The van der Waals surface area contributed by atoms with Crippen molar-refractivity contribution in [1.82, 2.24) is 9.55 Å². The zero-order valence-corrected chi connectivity index (χ0v) is 12.4. The third-order valence-electron chi connectivity index (χ3n) is 3.44. The fourth-order valence-corrected chi connectivity index (χ4v) is 2.52. The quantitative estimate of drug-likeness (QED) is 0.722. The second-order valence-corrected chi connectivity index (χ2v) is 5.17. The average Bonchev–Trinajstić information content (AvgIpc) is 3.04. The molecule has 3 rings (SSSR count). The fraction of sp³-hybridized carbons (Fsp3) is 0.118. The highest BCUT2D eigenvalue weighted by molar-refractivity contribution is 6.30. The highest BCUT2D eigenvalue weighted by Crippen LogP contribution is 2.28. The highest BCUT2D eigenvalue weighted by Gasteiger charge is 2.15. The summed E-state index contributed by atoms with van der Waals surface area (Å²) in [6.45, 7) is 0. The number of aromatic nitrogens is 2. The number of ether oxygens (including phenoxy) is 1. The van der Waals surface area contributed by atoms with Gasteiger partial charge in [-0.2, -0.15) is 0 Å². The number of nitrogens with zero attached hydrogens (tertiary/aromatic N) is 2. The Morgan fingerprint density at radius 1 is 1.00 bits per heavy atom. The Balaban J connectivity index is 2.05. The van der Waals surface area contributed by atoms with Gasteiger partial charge in [-0.3, -0.25) is 0 Å². The third-order valence-corrected chi connectivity index (χ3v) is 3.69. The largest absolute Gasteiger partial charge is 0.497 e. The molecular formula is C17H15ClN2O. The van der Waals surface area contributed by atoms with Gasteiger partial charge in [-0.25, -0.2) is 4.98 Å². The Morgan fingerprint density at radius 3 is 2.14 bits per heavy atom. The van der Waals surface area contributed by atoms with Crippen molar-refractivity contribution in [2.75, 3.05) is 7.11 Å². The molecule has 3 aromatic rings. The number of imidazole rings is 1. The molecule has 3 nitrogen and oxygen atoms in total. The Labute approximate surface area is 128 Å². The molecule has 2 aromatic carbocycles. The molecule has 106 valence electrons. The molecule has 0 amide bonds. The molecule has 0 fully saturated rings. The topological polar surface area (TPSA) is 27.1 Å². The van der Waals surface area contributed by atoms with Crippen molar-refractivity contribution in [2.45, 2.75) is 6.04 Å². The first kappa shape index (κ1) is 13.7. The van der Waals surface area contributed by atoms with Gasteiger partial charge in [0.15, 0.2) is 0 Å². The Morgan fingerprint density at radius 2 is 1.62 bits per heavy atom. The zero-order valence-electron chi connectivity index (χ0n) is 11.6. The van der Waals surface area contributed by atoms with Crippen LogP contribution in [0.3, 0.4) is 0 Å². The van der Waals surface area contributed by atoms with Crippen molar-refractivity contribution in [2.24, 2.45) is 0 Å². The van der Waals surface area contributed by atoms with Gasteiger partial charge in [-0.15, -0.1) is 0 Å². The Kier molecular flexibility index (Phi) is 3.93. The van der Waals surface area contributed by atoms with Gasteiger partial charge in [0.2, 0.25) is 0 Å². The minimum atomic E-state index is 0.0654. The summed E-state index contributed by atoms with van der Waals surface area (Å²) in [6, 6.07) is 16.0. The second kappa shape index (κ2) is 6.02. The summed E-state index contributed by atoms with van der Waals surface area (Å²) in [5.74, 6) is 0.847. The first-order valence-electron chi connectivity index (χ1n) is 6.65. The minimum Gasteiger partial charge on any atom is -0.497 e. The number of methoxy groups -OCH3 is 1. The van der Waals surface area contributed by atoms with Gasteiger partial charge >= 0.3 is 0 Å². The molecule has 0 bridgehead atoms. The molecule has 1 atom stereocenters. The van der Waals surface area contributed by atoms with E-state index in [4.69, 9.17) is 16.3 Å². The molecule has 0 aliphatic rings. The van der Waals surface area contributed by atoms with Crippen molar-refractivity contribution >= 4 is 11.6 Å². The number of rotatable bonds is 4. The summed E-state index contributed by atoms with van der Waals surface area (Å²) in [5.41, 5.74) is 2.32. The summed E-state index contributed by atoms with van der Waals surface area (Å²) >= 11 is 5.99. The van der Waals surface area contributed by atoms with Gasteiger partial charge in [-0.05, 0) is 35.4 Å². The van der Waals surface area contributed by atoms with E-state index >= 15 is 0 Å². The first-order valence-corrected chi connectivity index (χ1v) is 7.02. The first-order chi connectivity index (χ1) is 10.3. The molecule has 1 unspecified atom stereocenters. The van der Waals surface area contributed by atoms with E-state index in [9.17, 15) is 0 Å². The molecule has 0 saturated heterocycles. The van der Waals surface area contributed by atoms with Crippen molar-refractivity contribution in [3.63, 3.8) is 0 Å². The number of hydrogen-bond donors (Lipinski definition) is 0. The number of hydrogen-bond acceptors (Lipinski definition) is 2. The summed E-state index contributed by atoms with van der Waals surface area (Å²) in [7, 11) is 1.67. The maximum Gasteiger partial charge on any atom is 0.118 e. The molecule has 0 spiro atoms. The number of halogens is 1. The summed E-state index contributed by atoms with van der Waals surface area (Å²) in [4.78, 5) is 4.16. The van der Waals surface area contributed by atoms with E-state index in [0.717, 1.165) is 21.9 Å². The summed E-state index contributed by atoms with van der Waals surface area (Å²) in [6.07, 6.45) is 5.57. The van der Waals surface area contributed by atoms with Crippen LogP contribution in [0.2, 0.25) is 5.02 Å². The summed E-state index contributed by atoms with van der Waals surface area (Å²) < 4.78 is 7.30. The molecule has 0 radical (unpaired) electrons. The van der Waals surface area contributed by atoms with Crippen molar-refractivity contribution in [3.05, 3.63) is 83.4 Å². The van der Waals surface area contributed by atoms with Crippen molar-refractivity contribution < 1.29 is 4.74 Å². The molecule has 0 saturated carbocycles. The van der Waals surface area contributed by atoms with Crippen LogP contribution in [0, 0.1) is 0 Å². The van der Waals surface area contributed by atoms with Crippen LogP contribution in [0.15, 0.2) is 67.3 Å². The van der Waals surface area contributed by atoms with Crippen LogP contribution in [-0.2, 0) is 0 Å². The van der Waals surface area contributed by atoms with Gasteiger partial charge in [-0.1, -0.05) is 35.9 Å². The van der Waals surface area contributed by atoms with Gasteiger partial charge in [0.05, 0.1) is 19.5 Å². The highest BCUT2D eigenvalue weighted by atomic mass is 35.5. The molecule has 0 N–H and O–H groups in total. The molecule has 0 aliphatic heterocycles. The number of benzene rings is 2. The van der Waals surface area contributed by atoms with Crippen molar-refractivity contribution in [3.8, 4) is 5.75 Å². The monoisotopic (exact) mass is 298 g/mol. The minimum absolute atomic E-state index is 0.0654. The van der Waals surface area contributed by atoms with E-state index in [1.54, 1.807) is 13.3 Å². The lowest BCUT2D eigenvalue weighted by Gasteiger charge is -2.20. The van der Waals surface area contributed by atoms with Gasteiger partial charge in [0.25, 0.3) is 0 Å². The standard InChI is InChI=1S/C17H15ClN2O/c1-21-16-8-4-14(5-9-16)17(20-11-10-19-12-20)13-2-6-15(18)7-3-13/h2-12,17H,1H3. The predicted octanol–water partition coefficient (Wildman–Crippen LogP) is 4.18. The summed E-state index contributed by atoms with van der Waals surface area (Å²) in [5, 5.41) is 0.734. The van der Waals surface area contributed by atoms with E-state index in [2.05, 4.69) is 21.7 Å². The third kappa shape index (κ3) is 2.93. The molecule has 0 aliphatic carbocycles. The maximum absolute atomic E-state index is 5.99. The van der Waals surface area contributed by atoms with Crippen LogP contribution in [0.4, 0.5) is 0 Å². The van der Waals surface area contributed by atoms with Gasteiger partial charge < -0.3 is 9.30 Å². The van der Waals surface area contributed by atoms with E-state index in [0.29, 0.717) is 0 Å². The van der Waals surface area contributed by atoms with E-state index in [1.807, 2.05) is 48.9 Å². The molecule has 21 heavy (non-hydrogen) atoms. The van der Waals surface area contributed by atoms with Gasteiger partial charge in [0.1, 0.15) is 5.75 Å². The molecular weight excluding hydrogens is 284 g/mol. The zero-order chi connectivity index (χ0) is 14.7.